The van der Waals surface area contributed by atoms with E-state index < -0.39 is 0 Å². The lowest BCUT2D eigenvalue weighted by Crippen LogP contribution is -2.13. The first-order chi connectivity index (χ1) is 4.40. The minimum Gasteiger partial charge on any atom is -0.431 e. The van der Waals surface area contributed by atoms with E-state index in [1.807, 2.05) is 0 Å². The summed E-state index contributed by atoms with van der Waals surface area (Å²) in [5.41, 5.74) is 0.564. The minimum absolute atomic E-state index is 0.140. The zero-order valence-corrected chi connectivity index (χ0v) is 6.21. The second-order valence-corrected chi connectivity index (χ2v) is 3.93. The third-order valence-electron chi connectivity index (χ3n) is 2.19. The van der Waals surface area contributed by atoms with Crippen molar-refractivity contribution in [2.45, 2.75) is 37.0 Å². The molecule has 2 aliphatic rings. The molecule has 0 amide bonds. The Balaban J connectivity index is 1.86. The molecule has 2 rings (SSSR count). The van der Waals surface area contributed by atoms with E-state index >= 15 is 0 Å². The molecule has 1 heterocycles. The molecule has 3 heteroatoms. The molecule has 1 saturated heterocycles. The lowest BCUT2D eigenvalue weighted by molar-refractivity contribution is 0.372. The molecule has 1 aliphatic carbocycles. The van der Waals surface area contributed by atoms with Crippen LogP contribution in [0, 0.1) is 0 Å². The Morgan fingerprint density at radius 1 is 1.33 bits per heavy atom. The van der Waals surface area contributed by atoms with Gasteiger partial charge in [0, 0.05) is 0 Å². The van der Waals surface area contributed by atoms with Gasteiger partial charge in [-0.05, 0) is 24.8 Å². The fourth-order valence-electron chi connectivity index (χ4n) is 1.52. The summed E-state index contributed by atoms with van der Waals surface area (Å²) in [6.07, 6.45) is 4.58. The van der Waals surface area contributed by atoms with E-state index in [9.17, 15) is 0 Å². The third kappa shape index (κ3) is 1.04. The van der Waals surface area contributed by atoms with Gasteiger partial charge in [-0.1, -0.05) is 0 Å². The fourth-order valence-corrected chi connectivity index (χ4v) is 2.15. The van der Waals surface area contributed by atoms with Crippen LogP contribution in [0.15, 0.2) is 0 Å². The van der Waals surface area contributed by atoms with Crippen LogP contribution in [0.4, 0.5) is 0 Å². The molecule has 2 radical (unpaired) electrons. The number of rotatable bonds is 1. The SMILES string of the molecule is O[Si]C1CCC2OC2C1. The highest BCUT2D eigenvalue weighted by Crippen LogP contribution is 2.41. The number of fused-ring (bicyclic) bond motifs is 1. The summed E-state index contributed by atoms with van der Waals surface area (Å²) >= 11 is 0. The molecular weight excluding hydrogens is 132 g/mol. The van der Waals surface area contributed by atoms with Crippen molar-refractivity contribution >= 4 is 9.76 Å². The van der Waals surface area contributed by atoms with Crippen molar-refractivity contribution in [2.75, 3.05) is 0 Å². The molecule has 0 aromatic rings. The Hall–Kier alpha value is 0.137. The number of ether oxygens (including phenoxy) is 1. The van der Waals surface area contributed by atoms with E-state index in [1.54, 1.807) is 0 Å². The van der Waals surface area contributed by atoms with E-state index in [2.05, 4.69) is 0 Å². The Morgan fingerprint density at radius 2 is 2.22 bits per heavy atom. The van der Waals surface area contributed by atoms with Crippen molar-refractivity contribution in [2.24, 2.45) is 0 Å². The summed E-state index contributed by atoms with van der Waals surface area (Å²) in [6, 6.07) is 0. The maximum Gasteiger partial charge on any atom is 0.227 e. The number of epoxide rings is 1. The molecule has 50 valence electrons. The van der Waals surface area contributed by atoms with Gasteiger partial charge in [-0.25, -0.2) is 0 Å². The van der Waals surface area contributed by atoms with Crippen LogP contribution in [-0.2, 0) is 4.74 Å². The molecule has 1 aliphatic heterocycles. The van der Waals surface area contributed by atoms with Crippen LogP contribution < -0.4 is 0 Å². The molecule has 0 aromatic carbocycles. The Labute approximate surface area is 57.2 Å². The van der Waals surface area contributed by atoms with Gasteiger partial charge in [0.15, 0.2) is 0 Å². The molecule has 1 saturated carbocycles. The van der Waals surface area contributed by atoms with Gasteiger partial charge in [-0.15, -0.1) is 0 Å². The van der Waals surface area contributed by atoms with Gasteiger partial charge in [0.2, 0.25) is 9.76 Å². The van der Waals surface area contributed by atoms with Crippen LogP contribution in [0.3, 0.4) is 0 Å². The van der Waals surface area contributed by atoms with Crippen molar-refractivity contribution in [3.05, 3.63) is 0 Å². The molecule has 1 N–H and O–H groups in total. The molecule has 9 heavy (non-hydrogen) atoms. The highest BCUT2D eigenvalue weighted by atomic mass is 28.2. The molecular formula is C6H10O2Si. The summed E-state index contributed by atoms with van der Waals surface area (Å²) in [6.45, 7) is 0. The minimum atomic E-state index is 0.140. The Kier molecular flexibility index (Phi) is 1.36. The second kappa shape index (κ2) is 2.07. The standard InChI is InChI=1S/C6H10O2Si/c7-9-4-1-2-5-6(3-4)8-5/h4-7H,1-3H2. The normalized spacial score (nSPS) is 48.3. The van der Waals surface area contributed by atoms with Crippen LogP contribution >= 0.6 is 0 Å². The van der Waals surface area contributed by atoms with Crippen LogP contribution in [0.5, 0.6) is 0 Å². The van der Waals surface area contributed by atoms with Gasteiger partial charge in [0.25, 0.3) is 0 Å². The molecule has 0 aromatic heterocycles. The highest BCUT2D eigenvalue weighted by molar-refractivity contribution is 6.27. The van der Waals surface area contributed by atoms with Crippen molar-refractivity contribution in [1.82, 2.24) is 0 Å². The monoisotopic (exact) mass is 142 g/mol. The first-order valence-electron chi connectivity index (χ1n) is 3.45. The molecule has 2 fully saturated rings. The maximum atomic E-state index is 8.80. The summed E-state index contributed by atoms with van der Waals surface area (Å²) in [5, 5.41) is 0. The summed E-state index contributed by atoms with van der Waals surface area (Å²) in [4.78, 5) is 8.80. The quantitative estimate of drug-likeness (QED) is 0.423. The predicted molar refractivity (Wildman–Crippen MR) is 34.2 cm³/mol. The molecule has 3 atom stereocenters. The highest BCUT2D eigenvalue weighted by Gasteiger charge is 2.43. The fraction of sp³-hybridized carbons (Fsp3) is 1.00. The van der Waals surface area contributed by atoms with Gasteiger partial charge in [-0.2, -0.15) is 0 Å². The Bertz CT molecular complexity index is 118. The third-order valence-corrected chi connectivity index (χ3v) is 3.08. The summed E-state index contributed by atoms with van der Waals surface area (Å²) in [7, 11) is 0.140. The van der Waals surface area contributed by atoms with Gasteiger partial charge in [0.05, 0.1) is 12.2 Å². The van der Waals surface area contributed by atoms with E-state index in [0.29, 0.717) is 17.7 Å². The Morgan fingerprint density at radius 3 is 2.89 bits per heavy atom. The van der Waals surface area contributed by atoms with Crippen LogP contribution in [0.25, 0.3) is 0 Å². The van der Waals surface area contributed by atoms with E-state index in [4.69, 9.17) is 9.53 Å². The smallest absolute Gasteiger partial charge is 0.227 e. The van der Waals surface area contributed by atoms with E-state index in [1.165, 1.54) is 12.8 Å². The van der Waals surface area contributed by atoms with Crippen molar-refractivity contribution in [1.29, 1.82) is 0 Å². The van der Waals surface area contributed by atoms with Gasteiger partial charge >= 0.3 is 0 Å². The second-order valence-electron chi connectivity index (χ2n) is 2.85. The molecule has 2 nitrogen and oxygen atoms in total. The lowest BCUT2D eigenvalue weighted by Gasteiger charge is -2.13. The van der Waals surface area contributed by atoms with Crippen molar-refractivity contribution < 1.29 is 9.53 Å². The van der Waals surface area contributed by atoms with E-state index in [-0.39, 0.29) is 9.76 Å². The zero-order chi connectivity index (χ0) is 6.27. The van der Waals surface area contributed by atoms with Gasteiger partial charge < -0.3 is 9.53 Å². The average Bonchev–Trinajstić information content (AvgIpc) is 2.64. The number of hydrogen-bond acceptors (Lipinski definition) is 2. The molecule has 0 spiro atoms. The lowest BCUT2D eigenvalue weighted by atomic mass is 10.0. The molecule has 3 unspecified atom stereocenters. The van der Waals surface area contributed by atoms with Crippen molar-refractivity contribution in [3.8, 4) is 0 Å². The topological polar surface area (TPSA) is 32.8 Å². The van der Waals surface area contributed by atoms with Crippen LogP contribution in [0.2, 0.25) is 5.54 Å². The zero-order valence-electron chi connectivity index (χ0n) is 5.21. The number of hydrogen-bond donors (Lipinski definition) is 1. The molecule has 0 bridgehead atoms. The van der Waals surface area contributed by atoms with Crippen molar-refractivity contribution in [3.63, 3.8) is 0 Å². The first-order valence-corrected chi connectivity index (χ1v) is 4.47. The first kappa shape index (κ1) is 5.89. The largest absolute Gasteiger partial charge is 0.431 e. The summed E-state index contributed by atoms with van der Waals surface area (Å²) < 4.78 is 5.30. The van der Waals surface area contributed by atoms with Gasteiger partial charge in [0.1, 0.15) is 0 Å². The average molecular weight is 142 g/mol. The van der Waals surface area contributed by atoms with Crippen LogP contribution in [-0.4, -0.2) is 26.8 Å². The summed E-state index contributed by atoms with van der Waals surface area (Å²) in [5.74, 6) is 0. The van der Waals surface area contributed by atoms with Crippen LogP contribution in [0.1, 0.15) is 19.3 Å². The van der Waals surface area contributed by atoms with E-state index in [0.717, 1.165) is 6.42 Å². The maximum absolute atomic E-state index is 8.80. The van der Waals surface area contributed by atoms with Gasteiger partial charge in [-0.3, -0.25) is 0 Å². The predicted octanol–water partition coefficient (Wildman–Crippen LogP) is 0.338.